The predicted molar refractivity (Wildman–Crippen MR) is 125 cm³/mol. The first-order chi connectivity index (χ1) is 15.9. The van der Waals surface area contributed by atoms with Gasteiger partial charge in [-0.25, -0.2) is 0 Å². The maximum absolute atomic E-state index is 13.0. The van der Waals surface area contributed by atoms with Gasteiger partial charge in [-0.05, 0) is 37.1 Å². The molecule has 166 valence electrons. The Morgan fingerprint density at radius 3 is 2.67 bits per heavy atom. The van der Waals surface area contributed by atoms with Crippen molar-refractivity contribution in [2.45, 2.75) is 25.5 Å². The maximum Gasteiger partial charge on any atom is 0.276 e. The average molecular weight is 441 g/mol. The molecular weight excluding hydrogens is 418 g/mol. The number of carbonyl (C=O) groups excluding carboxylic acids is 1. The number of hydrogen-bond donors (Lipinski definition) is 4. The number of anilines is 1. The first kappa shape index (κ1) is 20.7. The fraction of sp³-hybridized carbons (Fsp3) is 0.167. The van der Waals surface area contributed by atoms with Crippen LogP contribution in [-0.2, 0) is 0 Å². The molecule has 0 saturated carbocycles. The Morgan fingerprint density at radius 2 is 1.94 bits per heavy atom. The molecule has 0 aliphatic carbocycles. The molecule has 3 heterocycles. The number of fused-ring (bicyclic) bond motifs is 1. The summed E-state index contributed by atoms with van der Waals surface area (Å²) in [5.41, 5.74) is 3.31. The lowest BCUT2D eigenvalue weighted by Gasteiger charge is -2.30. The fourth-order valence-corrected chi connectivity index (χ4v) is 4.03. The molecule has 0 radical (unpaired) electrons. The molecule has 0 fully saturated rings. The molecule has 0 unspecified atom stereocenters. The van der Waals surface area contributed by atoms with Gasteiger partial charge in [-0.15, -0.1) is 0 Å². The molecule has 0 saturated heterocycles. The number of aliphatic hydroxyl groups is 1. The van der Waals surface area contributed by atoms with E-state index in [2.05, 4.69) is 30.8 Å². The third-order valence-electron chi connectivity index (χ3n) is 5.52. The molecule has 1 atom stereocenters. The number of carbonyl (C=O) groups is 1. The van der Waals surface area contributed by atoms with E-state index in [1.165, 1.54) is 0 Å². The molecule has 0 spiro atoms. The highest BCUT2D eigenvalue weighted by atomic mass is 16.3. The zero-order valence-electron chi connectivity index (χ0n) is 18.1. The van der Waals surface area contributed by atoms with Crippen molar-refractivity contribution >= 4 is 22.5 Å². The van der Waals surface area contributed by atoms with Crippen LogP contribution in [-0.4, -0.2) is 46.8 Å². The van der Waals surface area contributed by atoms with Crippen LogP contribution in [0, 0.1) is 0 Å². The number of aromatic amines is 2. The molecule has 9 heteroatoms. The van der Waals surface area contributed by atoms with E-state index in [4.69, 9.17) is 0 Å². The summed E-state index contributed by atoms with van der Waals surface area (Å²) in [6.07, 6.45) is 6.81. The summed E-state index contributed by atoms with van der Waals surface area (Å²) < 4.78 is 1.66. The van der Waals surface area contributed by atoms with Crippen molar-refractivity contribution in [1.29, 1.82) is 0 Å². The Labute approximate surface area is 189 Å². The Kier molecular flexibility index (Phi) is 5.02. The van der Waals surface area contributed by atoms with Crippen molar-refractivity contribution in [3.63, 3.8) is 0 Å². The van der Waals surface area contributed by atoms with Gasteiger partial charge in [0.1, 0.15) is 6.04 Å². The molecule has 0 aliphatic rings. The second-order valence-electron chi connectivity index (χ2n) is 8.45. The number of benzene rings is 2. The summed E-state index contributed by atoms with van der Waals surface area (Å²) in [6, 6.07) is 14.9. The zero-order valence-corrected chi connectivity index (χ0v) is 18.1. The van der Waals surface area contributed by atoms with E-state index in [1.807, 2.05) is 48.5 Å². The summed E-state index contributed by atoms with van der Waals surface area (Å²) in [7, 11) is 0. The molecule has 3 aromatic heterocycles. The van der Waals surface area contributed by atoms with Gasteiger partial charge in [-0.3, -0.25) is 19.7 Å². The van der Waals surface area contributed by atoms with Crippen LogP contribution in [0.4, 0.5) is 5.69 Å². The standard InChI is InChI=1S/C24H23N7O2/c1-24(2,33)22(15-6-4-3-5-7-15)31-14-18(13-27-31)28-23(32)21-19-9-8-16(10-20(19)29-30-21)17-11-25-26-12-17/h3-14,22,33H,1-2H3,(H,25,26)(H,28,32)(H,29,30)/t22-/m0/s1. The molecule has 0 aliphatic heterocycles. The van der Waals surface area contributed by atoms with Crippen LogP contribution in [0.15, 0.2) is 73.3 Å². The minimum absolute atomic E-state index is 0.290. The Hall–Kier alpha value is -4.24. The van der Waals surface area contributed by atoms with E-state index in [0.717, 1.165) is 22.2 Å². The number of hydrogen-bond acceptors (Lipinski definition) is 5. The third kappa shape index (κ3) is 4.01. The number of rotatable bonds is 6. The number of amides is 1. The van der Waals surface area contributed by atoms with Crippen molar-refractivity contribution in [3.05, 3.63) is 84.6 Å². The van der Waals surface area contributed by atoms with E-state index in [1.54, 1.807) is 43.3 Å². The SMILES string of the molecule is CC(C)(O)[C@H](c1ccccc1)n1cc(NC(=O)c2n[nH]c3cc(-c4cn[nH]c4)ccc23)cn1. The average Bonchev–Trinajstić information content (AvgIpc) is 3.54. The summed E-state index contributed by atoms with van der Waals surface area (Å²) in [4.78, 5) is 13.0. The lowest BCUT2D eigenvalue weighted by Crippen LogP contribution is -2.34. The topological polar surface area (TPSA) is 125 Å². The third-order valence-corrected chi connectivity index (χ3v) is 5.52. The molecule has 0 bridgehead atoms. The van der Waals surface area contributed by atoms with Crippen LogP contribution < -0.4 is 5.32 Å². The van der Waals surface area contributed by atoms with Crippen LogP contribution in [0.1, 0.15) is 35.9 Å². The number of nitrogens with zero attached hydrogens (tertiary/aromatic N) is 4. The minimum atomic E-state index is -1.07. The van der Waals surface area contributed by atoms with Gasteiger partial charge in [0.25, 0.3) is 5.91 Å². The number of aromatic nitrogens is 6. The van der Waals surface area contributed by atoms with Crippen molar-refractivity contribution in [1.82, 2.24) is 30.2 Å². The Bertz CT molecular complexity index is 1400. The second kappa shape index (κ2) is 8.03. The summed E-state index contributed by atoms with van der Waals surface area (Å²) in [5.74, 6) is -0.351. The molecule has 2 aromatic carbocycles. The monoisotopic (exact) mass is 441 g/mol. The minimum Gasteiger partial charge on any atom is -0.388 e. The van der Waals surface area contributed by atoms with E-state index in [9.17, 15) is 9.90 Å². The first-order valence-corrected chi connectivity index (χ1v) is 10.5. The summed E-state index contributed by atoms with van der Waals surface area (Å²) in [5, 5.41) is 32.6. The van der Waals surface area contributed by atoms with Gasteiger partial charge < -0.3 is 10.4 Å². The van der Waals surface area contributed by atoms with E-state index < -0.39 is 11.6 Å². The summed E-state index contributed by atoms with van der Waals surface area (Å²) in [6.45, 7) is 3.47. The van der Waals surface area contributed by atoms with Gasteiger partial charge in [-0.1, -0.05) is 36.4 Å². The van der Waals surface area contributed by atoms with Gasteiger partial charge in [0.15, 0.2) is 5.69 Å². The van der Waals surface area contributed by atoms with Crippen molar-refractivity contribution in [3.8, 4) is 11.1 Å². The van der Waals surface area contributed by atoms with Gasteiger partial charge >= 0.3 is 0 Å². The molecular formula is C24H23N7O2. The van der Waals surface area contributed by atoms with Crippen LogP contribution in [0.2, 0.25) is 0 Å². The van der Waals surface area contributed by atoms with Gasteiger partial charge in [0, 0.05) is 23.3 Å². The Balaban J connectivity index is 1.39. The van der Waals surface area contributed by atoms with E-state index in [0.29, 0.717) is 16.8 Å². The smallest absolute Gasteiger partial charge is 0.276 e. The lowest BCUT2D eigenvalue weighted by molar-refractivity contribution is 0.0346. The number of nitrogens with one attached hydrogen (secondary N) is 3. The Morgan fingerprint density at radius 1 is 1.12 bits per heavy atom. The zero-order chi connectivity index (χ0) is 23.0. The van der Waals surface area contributed by atoms with Gasteiger partial charge in [-0.2, -0.15) is 15.3 Å². The highest BCUT2D eigenvalue weighted by Gasteiger charge is 2.31. The van der Waals surface area contributed by atoms with E-state index >= 15 is 0 Å². The van der Waals surface area contributed by atoms with Crippen LogP contribution in [0.5, 0.6) is 0 Å². The van der Waals surface area contributed by atoms with Crippen molar-refractivity contribution < 1.29 is 9.90 Å². The van der Waals surface area contributed by atoms with Gasteiger partial charge in [0.05, 0.1) is 29.2 Å². The molecule has 9 nitrogen and oxygen atoms in total. The quantitative estimate of drug-likeness (QED) is 0.319. The number of H-pyrrole nitrogens is 2. The molecule has 33 heavy (non-hydrogen) atoms. The normalized spacial score (nSPS) is 12.7. The largest absolute Gasteiger partial charge is 0.388 e. The van der Waals surface area contributed by atoms with E-state index in [-0.39, 0.29) is 5.91 Å². The predicted octanol–water partition coefficient (Wildman–Crippen LogP) is 3.76. The first-order valence-electron chi connectivity index (χ1n) is 10.5. The second-order valence-corrected chi connectivity index (χ2v) is 8.45. The molecule has 5 rings (SSSR count). The molecule has 4 N–H and O–H groups in total. The highest BCUT2D eigenvalue weighted by molar-refractivity contribution is 6.11. The molecule has 5 aromatic rings. The van der Waals surface area contributed by atoms with Crippen molar-refractivity contribution in [2.24, 2.45) is 0 Å². The van der Waals surface area contributed by atoms with Crippen LogP contribution in [0.3, 0.4) is 0 Å². The van der Waals surface area contributed by atoms with Gasteiger partial charge in [0.2, 0.25) is 0 Å². The van der Waals surface area contributed by atoms with Crippen LogP contribution >= 0.6 is 0 Å². The fourth-order valence-electron chi connectivity index (χ4n) is 4.03. The highest BCUT2D eigenvalue weighted by Crippen LogP contribution is 2.30. The summed E-state index contributed by atoms with van der Waals surface area (Å²) >= 11 is 0. The molecule has 1 amide bonds. The van der Waals surface area contributed by atoms with Crippen LogP contribution in [0.25, 0.3) is 22.0 Å². The van der Waals surface area contributed by atoms with Crippen molar-refractivity contribution in [2.75, 3.05) is 5.32 Å². The lowest BCUT2D eigenvalue weighted by atomic mass is 9.92. The maximum atomic E-state index is 13.0.